The van der Waals surface area contributed by atoms with Crippen molar-refractivity contribution in [2.45, 2.75) is 40.2 Å². The van der Waals surface area contributed by atoms with Crippen LogP contribution in [0.15, 0.2) is 23.2 Å². The molecule has 7 heteroatoms. The molecule has 0 aromatic heterocycles. The largest absolute Gasteiger partial charge is 0.493 e. The molecule has 0 amide bonds. The third-order valence-corrected chi connectivity index (χ3v) is 4.29. The predicted molar refractivity (Wildman–Crippen MR) is 125 cm³/mol. The number of methoxy groups -OCH3 is 1. The third-order valence-electron chi connectivity index (χ3n) is 4.29. The van der Waals surface area contributed by atoms with E-state index in [1.807, 2.05) is 12.1 Å². The topological polar surface area (TPSA) is 58.1 Å². The van der Waals surface area contributed by atoms with Crippen molar-refractivity contribution >= 4 is 29.9 Å². The van der Waals surface area contributed by atoms with Crippen molar-refractivity contribution in [2.75, 3.05) is 46.9 Å². The van der Waals surface area contributed by atoms with E-state index in [-0.39, 0.29) is 24.0 Å². The maximum atomic E-state index is 5.91. The number of unbranched alkanes of at least 4 members (excludes halogenated alkanes) is 1. The molecule has 0 saturated carbocycles. The molecule has 0 heterocycles. The number of ether oxygens (including phenoxy) is 2. The Hall–Kier alpha value is -1.22. The van der Waals surface area contributed by atoms with Gasteiger partial charge in [0, 0.05) is 26.7 Å². The Labute approximate surface area is 182 Å². The molecule has 1 rings (SSSR count). The van der Waals surface area contributed by atoms with E-state index in [1.165, 1.54) is 0 Å². The molecule has 0 aliphatic heterocycles. The number of aliphatic imine (C=N–C) groups is 1. The molecule has 1 aromatic carbocycles. The number of benzene rings is 1. The van der Waals surface area contributed by atoms with Crippen LogP contribution in [-0.4, -0.2) is 57.8 Å². The van der Waals surface area contributed by atoms with Crippen LogP contribution in [0.1, 0.15) is 39.2 Å². The molecule has 156 valence electrons. The average molecular weight is 492 g/mol. The van der Waals surface area contributed by atoms with Gasteiger partial charge in [-0.05, 0) is 37.2 Å². The molecule has 0 spiro atoms. The molecule has 1 aromatic rings. The summed E-state index contributed by atoms with van der Waals surface area (Å²) >= 11 is 0. The van der Waals surface area contributed by atoms with Crippen LogP contribution in [0.3, 0.4) is 0 Å². The Balaban J connectivity index is 0.00000676. The van der Waals surface area contributed by atoms with E-state index in [1.54, 1.807) is 14.2 Å². The second-order valence-corrected chi connectivity index (χ2v) is 6.07. The average Bonchev–Trinajstić information content (AvgIpc) is 2.68. The SMILES string of the molecule is CCCCNC(=NC)NCc1ccc(OCCN(CC)CC)c(OC)c1.I. The van der Waals surface area contributed by atoms with Crippen molar-refractivity contribution in [2.24, 2.45) is 4.99 Å². The molecule has 0 fully saturated rings. The van der Waals surface area contributed by atoms with Crippen LogP contribution in [0.5, 0.6) is 11.5 Å². The van der Waals surface area contributed by atoms with Crippen molar-refractivity contribution in [1.29, 1.82) is 0 Å². The highest BCUT2D eigenvalue weighted by Gasteiger charge is 2.07. The van der Waals surface area contributed by atoms with Crippen LogP contribution < -0.4 is 20.1 Å². The van der Waals surface area contributed by atoms with Gasteiger partial charge >= 0.3 is 0 Å². The zero-order valence-corrected chi connectivity index (χ0v) is 19.8. The van der Waals surface area contributed by atoms with Crippen LogP contribution in [0.25, 0.3) is 0 Å². The summed E-state index contributed by atoms with van der Waals surface area (Å²) in [6, 6.07) is 6.05. The van der Waals surface area contributed by atoms with Gasteiger partial charge in [-0.2, -0.15) is 0 Å². The second-order valence-electron chi connectivity index (χ2n) is 6.07. The second kappa shape index (κ2) is 15.8. The molecule has 0 atom stereocenters. The first-order valence-electron chi connectivity index (χ1n) is 9.64. The molecule has 6 nitrogen and oxygen atoms in total. The van der Waals surface area contributed by atoms with Gasteiger partial charge in [-0.25, -0.2) is 0 Å². The van der Waals surface area contributed by atoms with E-state index in [4.69, 9.17) is 9.47 Å². The lowest BCUT2D eigenvalue weighted by Crippen LogP contribution is -2.37. The van der Waals surface area contributed by atoms with Gasteiger partial charge in [-0.3, -0.25) is 4.99 Å². The molecular weight excluding hydrogens is 455 g/mol. The Morgan fingerprint density at radius 1 is 1.11 bits per heavy atom. The molecular formula is C20H37IN4O2. The van der Waals surface area contributed by atoms with Gasteiger partial charge in [0.15, 0.2) is 17.5 Å². The maximum absolute atomic E-state index is 5.91. The quantitative estimate of drug-likeness (QED) is 0.203. The first-order chi connectivity index (χ1) is 12.7. The Bertz CT molecular complexity index is 537. The lowest BCUT2D eigenvalue weighted by Gasteiger charge is -2.19. The van der Waals surface area contributed by atoms with E-state index in [0.717, 1.165) is 62.0 Å². The number of likely N-dealkylation sites (N-methyl/N-ethyl adjacent to an activating group) is 1. The van der Waals surface area contributed by atoms with Crippen molar-refractivity contribution in [1.82, 2.24) is 15.5 Å². The van der Waals surface area contributed by atoms with E-state index < -0.39 is 0 Å². The number of hydrogen-bond donors (Lipinski definition) is 2. The smallest absolute Gasteiger partial charge is 0.191 e. The summed E-state index contributed by atoms with van der Waals surface area (Å²) in [5.41, 5.74) is 1.12. The molecule has 0 saturated heterocycles. The minimum absolute atomic E-state index is 0. The highest BCUT2D eigenvalue weighted by molar-refractivity contribution is 14.0. The van der Waals surface area contributed by atoms with Gasteiger partial charge in [0.25, 0.3) is 0 Å². The van der Waals surface area contributed by atoms with Gasteiger partial charge in [0.05, 0.1) is 7.11 Å². The van der Waals surface area contributed by atoms with E-state index >= 15 is 0 Å². The van der Waals surface area contributed by atoms with Gasteiger partial charge in [-0.1, -0.05) is 33.3 Å². The molecule has 27 heavy (non-hydrogen) atoms. The monoisotopic (exact) mass is 492 g/mol. The summed E-state index contributed by atoms with van der Waals surface area (Å²) in [5, 5.41) is 6.63. The summed E-state index contributed by atoms with van der Waals surface area (Å²) in [6.45, 7) is 11.8. The van der Waals surface area contributed by atoms with E-state index in [0.29, 0.717) is 13.2 Å². The summed E-state index contributed by atoms with van der Waals surface area (Å²) in [5.74, 6) is 2.36. The number of nitrogens with zero attached hydrogens (tertiary/aromatic N) is 2. The number of halogens is 1. The zero-order chi connectivity index (χ0) is 19.2. The lowest BCUT2D eigenvalue weighted by atomic mass is 10.2. The molecule has 0 bridgehead atoms. The first kappa shape index (κ1) is 25.8. The normalized spacial score (nSPS) is 11.1. The molecule has 0 radical (unpaired) electrons. The van der Waals surface area contributed by atoms with Gasteiger partial charge < -0.3 is 25.0 Å². The van der Waals surface area contributed by atoms with Crippen LogP contribution >= 0.6 is 24.0 Å². The molecule has 2 N–H and O–H groups in total. The van der Waals surface area contributed by atoms with E-state index in [9.17, 15) is 0 Å². The standard InChI is InChI=1S/C20H36N4O2.HI/c1-6-9-12-22-20(21-4)23-16-17-10-11-18(19(15-17)25-5)26-14-13-24(7-2)8-3;/h10-11,15H,6-9,12-14,16H2,1-5H3,(H2,21,22,23);1H. The summed E-state index contributed by atoms with van der Waals surface area (Å²) in [7, 11) is 3.46. The van der Waals surface area contributed by atoms with Crippen LogP contribution in [0.4, 0.5) is 0 Å². The van der Waals surface area contributed by atoms with Crippen molar-refractivity contribution in [3.8, 4) is 11.5 Å². The Morgan fingerprint density at radius 2 is 1.85 bits per heavy atom. The van der Waals surface area contributed by atoms with E-state index in [2.05, 4.69) is 47.4 Å². The summed E-state index contributed by atoms with van der Waals surface area (Å²) in [4.78, 5) is 6.58. The van der Waals surface area contributed by atoms with Gasteiger partial charge in [0.1, 0.15) is 6.61 Å². The molecule has 0 aliphatic rings. The zero-order valence-electron chi connectivity index (χ0n) is 17.5. The Morgan fingerprint density at radius 3 is 2.44 bits per heavy atom. The van der Waals surface area contributed by atoms with Crippen molar-refractivity contribution in [3.63, 3.8) is 0 Å². The summed E-state index contributed by atoms with van der Waals surface area (Å²) in [6.07, 6.45) is 2.30. The third kappa shape index (κ3) is 10.0. The highest BCUT2D eigenvalue weighted by atomic mass is 127. The predicted octanol–water partition coefficient (Wildman–Crippen LogP) is 3.50. The highest BCUT2D eigenvalue weighted by Crippen LogP contribution is 2.28. The van der Waals surface area contributed by atoms with Crippen LogP contribution in [-0.2, 0) is 6.54 Å². The van der Waals surface area contributed by atoms with Crippen molar-refractivity contribution in [3.05, 3.63) is 23.8 Å². The fourth-order valence-corrected chi connectivity index (χ4v) is 2.56. The molecule has 0 aliphatic carbocycles. The lowest BCUT2D eigenvalue weighted by molar-refractivity contribution is 0.217. The number of nitrogens with one attached hydrogen (secondary N) is 2. The van der Waals surface area contributed by atoms with Crippen LogP contribution in [0, 0.1) is 0 Å². The maximum Gasteiger partial charge on any atom is 0.191 e. The fourth-order valence-electron chi connectivity index (χ4n) is 2.56. The van der Waals surface area contributed by atoms with Gasteiger partial charge in [0.2, 0.25) is 0 Å². The first-order valence-corrected chi connectivity index (χ1v) is 9.64. The minimum atomic E-state index is 0. The summed E-state index contributed by atoms with van der Waals surface area (Å²) < 4.78 is 11.4. The molecule has 0 unspecified atom stereocenters. The number of guanidine groups is 1. The van der Waals surface area contributed by atoms with Crippen LogP contribution in [0.2, 0.25) is 0 Å². The van der Waals surface area contributed by atoms with Gasteiger partial charge in [-0.15, -0.1) is 24.0 Å². The fraction of sp³-hybridized carbons (Fsp3) is 0.650. The minimum Gasteiger partial charge on any atom is -0.493 e. The number of hydrogen-bond acceptors (Lipinski definition) is 4. The van der Waals surface area contributed by atoms with Crippen molar-refractivity contribution < 1.29 is 9.47 Å². The number of rotatable bonds is 12. The Kier molecular flexibility index (Phi) is 15.1.